The Morgan fingerprint density at radius 1 is 1.17 bits per heavy atom. The van der Waals surface area contributed by atoms with Crippen LogP contribution in [-0.4, -0.2) is 55.5 Å². The zero-order valence-electron chi connectivity index (χ0n) is 15.0. The summed E-state index contributed by atoms with van der Waals surface area (Å²) >= 11 is 0. The second kappa shape index (κ2) is 8.19. The van der Waals surface area contributed by atoms with Gasteiger partial charge in [0, 0.05) is 32.2 Å². The molecule has 1 heterocycles. The molecule has 0 aromatic rings. The molecule has 0 aromatic carbocycles. The Morgan fingerprint density at radius 3 is 2.29 bits per heavy atom. The van der Waals surface area contributed by atoms with Crippen LogP contribution in [0.3, 0.4) is 0 Å². The first-order chi connectivity index (χ1) is 11.7. The molecule has 6 heteroatoms. The van der Waals surface area contributed by atoms with Crippen molar-refractivity contribution in [1.82, 2.24) is 15.5 Å². The van der Waals surface area contributed by atoms with Crippen molar-refractivity contribution in [3.63, 3.8) is 0 Å². The summed E-state index contributed by atoms with van der Waals surface area (Å²) in [7, 11) is 0. The maximum atomic E-state index is 11.0. The van der Waals surface area contributed by atoms with Gasteiger partial charge in [-0.1, -0.05) is 0 Å². The van der Waals surface area contributed by atoms with E-state index in [0.717, 1.165) is 62.7 Å². The molecule has 0 atom stereocenters. The molecule has 2 saturated carbocycles. The molecule has 0 aromatic heterocycles. The Balaban J connectivity index is 1.46. The van der Waals surface area contributed by atoms with Crippen LogP contribution in [0.4, 0.5) is 0 Å². The minimum atomic E-state index is -0.234. The lowest BCUT2D eigenvalue weighted by atomic mass is 9.98. The number of hydrogen-bond acceptors (Lipinski definition) is 3. The lowest BCUT2D eigenvalue weighted by Gasteiger charge is -2.32. The highest BCUT2D eigenvalue weighted by atomic mass is 16.1. The maximum Gasteiger partial charge on any atom is 0.231 e. The number of primary amides is 1. The number of nitrogens with zero attached hydrogens (tertiary/aromatic N) is 2. The second-order valence-corrected chi connectivity index (χ2v) is 7.72. The number of rotatable bonds is 8. The summed E-state index contributed by atoms with van der Waals surface area (Å²) in [5, 5.41) is 7.00. The third kappa shape index (κ3) is 5.36. The smallest absolute Gasteiger partial charge is 0.231 e. The van der Waals surface area contributed by atoms with Crippen LogP contribution in [0.5, 0.6) is 0 Å². The third-order valence-corrected chi connectivity index (χ3v) is 5.57. The molecular weight excluding hydrogens is 302 g/mol. The standard InChI is InChI=1S/C18H33N5O/c1-2-20-18(21-11-16(13-3-4-13)14-5-6-14)22-15-7-9-23(10-8-15)12-17(19)24/h13-16H,2-12H2,1H3,(H2,19,24)(H2,20,21,22). The van der Waals surface area contributed by atoms with Crippen LogP contribution in [0.15, 0.2) is 4.99 Å². The highest BCUT2D eigenvalue weighted by Crippen LogP contribution is 2.49. The van der Waals surface area contributed by atoms with Gasteiger partial charge in [0.05, 0.1) is 6.54 Å². The summed E-state index contributed by atoms with van der Waals surface area (Å²) in [5.41, 5.74) is 5.28. The van der Waals surface area contributed by atoms with Crippen molar-refractivity contribution in [1.29, 1.82) is 0 Å². The average Bonchev–Trinajstić information content (AvgIpc) is 3.43. The number of amides is 1. The predicted octanol–water partition coefficient (Wildman–Crippen LogP) is 0.927. The second-order valence-electron chi connectivity index (χ2n) is 7.72. The minimum Gasteiger partial charge on any atom is -0.369 e. The number of carbonyl (C=O) groups is 1. The fourth-order valence-electron chi connectivity index (χ4n) is 3.90. The van der Waals surface area contributed by atoms with E-state index in [9.17, 15) is 4.79 Å². The highest BCUT2D eigenvalue weighted by Gasteiger charge is 2.41. The quantitative estimate of drug-likeness (QED) is 0.455. The lowest BCUT2D eigenvalue weighted by Crippen LogP contribution is -2.50. The normalized spacial score (nSPS) is 23.5. The zero-order valence-corrected chi connectivity index (χ0v) is 15.0. The van der Waals surface area contributed by atoms with Gasteiger partial charge in [0.25, 0.3) is 0 Å². The number of guanidine groups is 1. The van der Waals surface area contributed by atoms with Gasteiger partial charge in [-0.25, -0.2) is 0 Å². The van der Waals surface area contributed by atoms with E-state index < -0.39 is 0 Å². The molecule has 1 saturated heterocycles. The summed E-state index contributed by atoms with van der Waals surface area (Å²) < 4.78 is 0. The van der Waals surface area contributed by atoms with Crippen LogP contribution in [-0.2, 0) is 4.79 Å². The molecule has 3 aliphatic rings. The van der Waals surface area contributed by atoms with Crippen LogP contribution in [0.1, 0.15) is 45.4 Å². The van der Waals surface area contributed by atoms with Crippen molar-refractivity contribution >= 4 is 11.9 Å². The number of hydrogen-bond donors (Lipinski definition) is 3. The van der Waals surface area contributed by atoms with Crippen LogP contribution in [0.25, 0.3) is 0 Å². The summed E-state index contributed by atoms with van der Waals surface area (Å²) in [5.74, 6) is 3.44. The van der Waals surface area contributed by atoms with Gasteiger partial charge in [-0.15, -0.1) is 0 Å². The first-order valence-electron chi connectivity index (χ1n) is 9.71. The molecule has 2 aliphatic carbocycles. The van der Waals surface area contributed by atoms with E-state index in [-0.39, 0.29) is 5.91 Å². The average molecular weight is 335 g/mol. The monoisotopic (exact) mass is 335 g/mol. The van der Waals surface area contributed by atoms with Crippen molar-refractivity contribution in [3.05, 3.63) is 0 Å². The molecule has 3 fully saturated rings. The van der Waals surface area contributed by atoms with Gasteiger partial charge in [0.15, 0.2) is 5.96 Å². The molecule has 0 bridgehead atoms. The van der Waals surface area contributed by atoms with Gasteiger partial charge in [-0.2, -0.15) is 0 Å². The Morgan fingerprint density at radius 2 is 1.79 bits per heavy atom. The van der Waals surface area contributed by atoms with E-state index in [0.29, 0.717) is 12.6 Å². The zero-order chi connectivity index (χ0) is 16.9. The predicted molar refractivity (Wildman–Crippen MR) is 96.7 cm³/mol. The lowest BCUT2D eigenvalue weighted by molar-refractivity contribution is -0.119. The van der Waals surface area contributed by atoms with E-state index in [1.165, 1.54) is 25.7 Å². The molecular formula is C18H33N5O. The fourth-order valence-corrected chi connectivity index (χ4v) is 3.90. The Kier molecular flexibility index (Phi) is 5.98. The topological polar surface area (TPSA) is 82.8 Å². The number of aliphatic imine (C=N–C) groups is 1. The molecule has 1 amide bonds. The van der Waals surface area contributed by atoms with E-state index >= 15 is 0 Å². The van der Waals surface area contributed by atoms with Gasteiger partial charge < -0.3 is 16.4 Å². The SMILES string of the molecule is CCNC(=NCC(C1CC1)C1CC1)NC1CCN(CC(N)=O)CC1. The van der Waals surface area contributed by atoms with E-state index in [2.05, 4.69) is 22.5 Å². The van der Waals surface area contributed by atoms with E-state index in [1.807, 2.05) is 0 Å². The number of piperidine rings is 1. The van der Waals surface area contributed by atoms with Crippen molar-refractivity contribution in [2.45, 2.75) is 51.5 Å². The Bertz CT molecular complexity index is 438. The molecule has 3 rings (SSSR count). The van der Waals surface area contributed by atoms with Gasteiger partial charge in [0.1, 0.15) is 0 Å². The third-order valence-electron chi connectivity index (χ3n) is 5.57. The molecule has 136 valence electrons. The number of nitrogens with two attached hydrogens (primary N) is 1. The molecule has 0 spiro atoms. The van der Waals surface area contributed by atoms with E-state index in [4.69, 9.17) is 10.7 Å². The summed E-state index contributed by atoms with van der Waals surface area (Å²) in [6, 6.07) is 0.437. The van der Waals surface area contributed by atoms with Crippen LogP contribution >= 0.6 is 0 Å². The van der Waals surface area contributed by atoms with E-state index in [1.54, 1.807) is 0 Å². The number of nitrogens with one attached hydrogen (secondary N) is 2. The summed E-state index contributed by atoms with van der Waals surface area (Å²) in [4.78, 5) is 18.1. The van der Waals surface area contributed by atoms with Crippen LogP contribution < -0.4 is 16.4 Å². The van der Waals surface area contributed by atoms with Crippen molar-refractivity contribution in [2.75, 3.05) is 32.7 Å². The fraction of sp³-hybridized carbons (Fsp3) is 0.889. The summed E-state index contributed by atoms with van der Waals surface area (Å²) in [6.45, 7) is 6.21. The van der Waals surface area contributed by atoms with Crippen LogP contribution in [0, 0.1) is 17.8 Å². The minimum absolute atomic E-state index is 0.234. The van der Waals surface area contributed by atoms with Gasteiger partial charge in [-0.05, 0) is 63.2 Å². The molecule has 0 radical (unpaired) electrons. The Labute approximate surface area is 145 Å². The molecule has 24 heavy (non-hydrogen) atoms. The van der Waals surface area contributed by atoms with Gasteiger partial charge in [0.2, 0.25) is 5.91 Å². The molecule has 4 N–H and O–H groups in total. The molecule has 6 nitrogen and oxygen atoms in total. The largest absolute Gasteiger partial charge is 0.369 e. The first kappa shape index (κ1) is 17.5. The van der Waals surface area contributed by atoms with Crippen molar-refractivity contribution in [3.8, 4) is 0 Å². The highest BCUT2D eigenvalue weighted by molar-refractivity contribution is 5.80. The first-order valence-corrected chi connectivity index (χ1v) is 9.71. The number of carbonyl (C=O) groups excluding carboxylic acids is 1. The number of likely N-dealkylation sites (tertiary alicyclic amines) is 1. The summed E-state index contributed by atoms with van der Waals surface area (Å²) in [6.07, 6.45) is 7.73. The molecule has 1 aliphatic heterocycles. The molecule has 0 unspecified atom stereocenters. The maximum absolute atomic E-state index is 11.0. The van der Waals surface area contributed by atoms with Gasteiger partial charge >= 0.3 is 0 Å². The van der Waals surface area contributed by atoms with Gasteiger partial charge in [-0.3, -0.25) is 14.7 Å². The Hall–Kier alpha value is -1.30. The van der Waals surface area contributed by atoms with Crippen molar-refractivity contribution in [2.24, 2.45) is 28.5 Å². The van der Waals surface area contributed by atoms with Crippen molar-refractivity contribution < 1.29 is 4.79 Å². The van der Waals surface area contributed by atoms with Crippen LogP contribution in [0.2, 0.25) is 0 Å².